The highest BCUT2D eigenvalue weighted by molar-refractivity contribution is 5.78. The molecule has 0 aromatic heterocycles. The SMILES string of the molecule is CC1CCCC(NC(=O)Cc2ccc(C(F)(F)F)cc2)C1. The molecule has 1 fully saturated rings. The van der Waals surface area contributed by atoms with Gasteiger partial charge in [-0.2, -0.15) is 13.2 Å². The topological polar surface area (TPSA) is 29.1 Å². The Morgan fingerprint density at radius 1 is 1.24 bits per heavy atom. The largest absolute Gasteiger partial charge is 0.416 e. The number of rotatable bonds is 3. The van der Waals surface area contributed by atoms with Crippen LogP contribution in [0.15, 0.2) is 24.3 Å². The highest BCUT2D eigenvalue weighted by atomic mass is 19.4. The van der Waals surface area contributed by atoms with Crippen molar-refractivity contribution in [3.05, 3.63) is 35.4 Å². The Kier molecular flexibility index (Phi) is 4.91. The fourth-order valence-corrected chi connectivity index (χ4v) is 2.84. The smallest absolute Gasteiger partial charge is 0.353 e. The van der Waals surface area contributed by atoms with E-state index in [1.54, 1.807) is 0 Å². The molecule has 2 nitrogen and oxygen atoms in total. The molecule has 0 radical (unpaired) electrons. The molecule has 0 saturated heterocycles. The molecule has 1 aromatic rings. The average molecular weight is 299 g/mol. The zero-order chi connectivity index (χ0) is 15.5. The van der Waals surface area contributed by atoms with Crippen molar-refractivity contribution in [3.8, 4) is 0 Å². The lowest BCUT2D eigenvalue weighted by Gasteiger charge is -2.27. The highest BCUT2D eigenvalue weighted by Gasteiger charge is 2.30. The van der Waals surface area contributed by atoms with Crippen LogP contribution in [0.1, 0.15) is 43.7 Å². The molecule has 1 saturated carbocycles. The monoisotopic (exact) mass is 299 g/mol. The summed E-state index contributed by atoms with van der Waals surface area (Å²) in [6.45, 7) is 2.17. The van der Waals surface area contributed by atoms with Gasteiger partial charge in [0.25, 0.3) is 0 Å². The average Bonchev–Trinajstić information content (AvgIpc) is 2.38. The van der Waals surface area contributed by atoms with Gasteiger partial charge in [0.05, 0.1) is 12.0 Å². The van der Waals surface area contributed by atoms with E-state index in [4.69, 9.17) is 0 Å². The molecule has 116 valence electrons. The van der Waals surface area contributed by atoms with E-state index in [0.29, 0.717) is 11.5 Å². The maximum Gasteiger partial charge on any atom is 0.416 e. The molecule has 2 rings (SSSR count). The molecule has 1 amide bonds. The van der Waals surface area contributed by atoms with Gasteiger partial charge in [-0.1, -0.05) is 31.9 Å². The Morgan fingerprint density at radius 2 is 1.90 bits per heavy atom. The van der Waals surface area contributed by atoms with Crippen LogP contribution in [-0.2, 0) is 17.4 Å². The number of nitrogens with one attached hydrogen (secondary N) is 1. The number of alkyl halides is 3. The van der Waals surface area contributed by atoms with Crippen LogP contribution in [0.5, 0.6) is 0 Å². The molecule has 0 heterocycles. The van der Waals surface area contributed by atoms with Crippen LogP contribution in [-0.4, -0.2) is 11.9 Å². The van der Waals surface area contributed by atoms with Gasteiger partial charge in [0.1, 0.15) is 0 Å². The number of hydrogen-bond acceptors (Lipinski definition) is 1. The first-order chi connectivity index (χ1) is 9.84. The van der Waals surface area contributed by atoms with Crippen molar-refractivity contribution >= 4 is 5.91 Å². The summed E-state index contributed by atoms with van der Waals surface area (Å²) in [4.78, 5) is 11.9. The van der Waals surface area contributed by atoms with Crippen LogP contribution in [0.4, 0.5) is 13.2 Å². The number of benzene rings is 1. The minimum absolute atomic E-state index is 0.117. The molecule has 1 aliphatic carbocycles. The molecule has 0 spiro atoms. The highest BCUT2D eigenvalue weighted by Crippen LogP contribution is 2.29. The summed E-state index contributed by atoms with van der Waals surface area (Å²) in [7, 11) is 0. The summed E-state index contributed by atoms with van der Waals surface area (Å²) < 4.78 is 37.3. The van der Waals surface area contributed by atoms with Crippen molar-refractivity contribution in [2.24, 2.45) is 5.92 Å². The maximum absolute atomic E-state index is 12.4. The predicted octanol–water partition coefficient (Wildman–Crippen LogP) is 3.94. The van der Waals surface area contributed by atoms with Gasteiger partial charge in [0.15, 0.2) is 0 Å². The van der Waals surface area contributed by atoms with E-state index in [1.807, 2.05) is 0 Å². The third kappa shape index (κ3) is 4.76. The second-order valence-electron chi connectivity index (χ2n) is 5.91. The minimum atomic E-state index is -4.33. The van der Waals surface area contributed by atoms with Gasteiger partial charge in [-0.3, -0.25) is 4.79 Å². The normalized spacial score (nSPS) is 22.9. The molecular weight excluding hydrogens is 279 g/mol. The fraction of sp³-hybridized carbons (Fsp3) is 0.562. The molecule has 1 aromatic carbocycles. The van der Waals surface area contributed by atoms with Crippen LogP contribution in [0.25, 0.3) is 0 Å². The summed E-state index contributed by atoms with van der Waals surface area (Å²) in [5, 5.41) is 2.98. The van der Waals surface area contributed by atoms with E-state index in [0.717, 1.165) is 31.4 Å². The molecular formula is C16H20F3NO. The van der Waals surface area contributed by atoms with Crippen molar-refractivity contribution < 1.29 is 18.0 Å². The Balaban J connectivity index is 1.87. The Hall–Kier alpha value is -1.52. The van der Waals surface area contributed by atoms with Gasteiger partial charge in [-0.25, -0.2) is 0 Å². The number of amides is 1. The predicted molar refractivity (Wildman–Crippen MR) is 74.7 cm³/mol. The van der Waals surface area contributed by atoms with Crippen molar-refractivity contribution in [1.82, 2.24) is 5.32 Å². The third-order valence-electron chi connectivity index (χ3n) is 3.95. The van der Waals surface area contributed by atoms with Crippen LogP contribution in [0, 0.1) is 5.92 Å². The van der Waals surface area contributed by atoms with Crippen LogP contribution < -0.4 is 5.32 Å². The van der Waals surface area contributed by atoms with E-state index >= 15 is 0 Å². The van der Waals surface area contributed by atoms with Crippen molar-refractivity contribution in [2.45, 2.75) is 51.2 Å². The number of hydrogen-bond donors (Lipinski definition) is 1. The van der Waals surface area contributed by atoms with Crippen LogP contribution in [0.2, 0.25) is 0 Å². The van der Waals surface area contributed by atoms with Gasteiger partial charge in [-0.05, 0) is 36.5 Å². The van der Waals surface area contributed by atoms with Gasteiger partial charge in [-0.15, -0.1) is 0 Å². The quantitative estimate of drug-likeness (QED) is 0.900. The van der Waals surface area contributed by atoms with E-state index in [9.17, 15) is 18.0 Å². The van der Waals surface area contributed by atoms with Crippen molar-refractivity contribution in [2.75, 3.05) is 0 Å². The Labute approximate surface area is 122 Å². The zero-order valence-electron chi connectivity index (χ0n) is 12.0. The summed E-state index contributed by atoms with van der Waals surface area (Å²) >= 11 is 0. The molecule has 21 heavy (non-hydrogen) atoms. The zero-order valence-corrected chi connectivity index (χ0v) is 12.0. The lowest BCUT2D eigenvalue weighted by atomic mass is 9.87. The standard InChI is InChI=1S/C16H20F3NO/c1-11-3-2-4-14(9-11)20-15(21)10-12-5-7-13(8-6-12)16(17,18)19/h5-8,11,14H,2-4,9-10H2,1H3,(H,20,21). The van der Waals surface area contributed by atoms with Gasteiger partial charge >= 0.3 is 6.18 Å². The van der Waals surface area contributed by atoms with Gasteiger partial charge in [0.2, 0.25) is 5.91 Å². The first kappa shape index (κ1) is 15.9. The second-order valence-corrected chi connectivity index (χ2v) is 5.91. The van der Waals surface area contributed by atoms with E-state index < -0.39 is 11.7 Å². The molecule has 2 atom stereocenters. The Morgan fingerprint density at radius 3 is 2.48 bits per heavy atom. The molecule has 5 heteroatoms. The summed E-state index contributed by atoms with van der Waals surface area (Å²) in [5.74, 6) is 0.504. The Bertz CT molecular complexity index is 481. The van der Waals surface area contributed by atoms with Crippen molar-refractivity contribution in [1.29, 1.82) is 0 Å². The first-order valence-corrected chi connectivity index (χ1v) is 7.30. The lowest BCUT2D eigenvalue weighted by Crippen LogP contribution is -2.38. The fourth-order valence-electron chi connectivity index (χ4n) is 2.84. The second kappa shape index (κ2) is 6.50. The number of halogens is 3. The number of carbonyl (C=O) groups is 1. The van der Waals surface area contributed by atoms with E-state index in [1.165, 1.54) is 18.6 Å². The van der Waals surface area contributed by atoms with E-state index in [2.05, 4.69) is 12.2 Å². The third-order valence-corrected chi connectivity index (χ3v) is 3.95. The van der Waals surface area contributed by atoms with Crippen molar-refractivity contribution in [3.63, 3.8) is 0 Å². The van der Waals surface area contributed by atoms with Crippen LogP contribution in [0.3, 0.4) is 0 Å². The van der Waals surface area contributed by atoms with Crippen LogP contribution >= 0.6 is 0 Å². The molecule has 0 aliphatic heterocycles. The molecule has 2 unspecified atom stereocenters. The number of carbonyl (C=O) groups excluding carboxylic acids is 1. The summed E-state index contributed by atoms with van der Waals surface area (Å²) in [6.07, 6.45) is 0.0849. The summed E-state index contributed by atoms with van der Waals surface area (Å²) in [6, 6.07) is 4.98. The lowest BCUT2D eigenvalue weighted by molar-refractivity contribution is -0.137. The van der Waals surface area contributed by atoms with Gasteiger partial charge in [0, 0.05) is 6.04 Å². The molecule has 0 bridgehead atoms. The van der Waals surface area contributed by atoms with Gasteiger partial charge < -0.3 is 5.32 Å². The first-order valence-electron chi connectivity index (χ1n) is 7.30. The maximum atomic E-state index is 12.4. The minimum Gasteiger partial charge on any atom is -0.353 e. The van der Waals surface area contributed by atoms with E-state index in [-0.39, 0.29) is 18.4 Å². The summed E-state index contributed by atoms with van der Waals surface area (Å²) in [5.41, 5.74) is -0.0860. The molecule has 1 N–H and O–H groups in total. The molecule has 1 aliphatic rings.